The molecule has 3 heteroatoms. The molecule has 3 nitrogen and oxygen atoms in total. The number of hydrogen-bond donors (Lipinski definition) is 1. The second kappa shape index (κ2) is 6.08. The van der Waals surface area contributed by atoms with Gasteiger partial charge in [-0.3, -0.25) is 0 Å². The second-order valence-electron chi connectivity index (χ2n) is 8.42. The first-order valence-corrected chi connectivity index (χ1v) is 9.04. The molecule has 2 fully saturated rings. The van der Waals surface area contributed by atoms with Crippen molar-refractivity contribution in [3.05, 3.63) is 23.8 Å². The Hall–Kier alpha value is -1.09. The van der Waals surface area contributed by atoms with Gasteiger partial charge in [0.25, 0.3) is 0 Å². The van der Waals surface area contributed by atoms with Crippen molar-refractivity contribution in [2.75, 3.05) is 13.2 Å². The van der Waals surface area contributed by atoms with E-state index in [1.807, 2.05) is 0 Å². The van der Waals surface area contributed by atoms with Gasteiger partial charge in [-0.05, 0) is 66.8 Å². The number of hydrogen-bond acceptors (Lipinski definition) is 3. The number of carbonyl (C=O) groups excluding carboxylic acids is 1. The fourth-order valence-corrected chi connectivity index (χ4v) is 5.69. The fourth-order valence-electron chi connectivity index (χ4n) is 5.69. The molecular formula is C20H30O3. The van der Waals surface area contributed by atoms with Crippen LogP contribution in [0.25, 0.3) is 0 Å². The summed E-state index contributed by atoms with van der Waals surface area (Å²) in [5.41, 5.74) is 2.78. The summed E-state index contributed by atoms with van der Waals surface area (Å²) in [5.74, 6) is 0.862. The van der Waals surface area contributed by atoms with Gasteiger partial charge in [0.05, 0.1) is 0 Å². The molecule has 128 valence electrons. The molecule has 0 saturated heterocycles. The largest absolute Gasteiger partial charge is 0.458 e. The first-order chi connectivity index (χ1) is 10.9. The Balaban J connectivity index is 1.78. The van der Waals surface area contributed by atoms with Crippen LogP contribution < -0.4 is 0 Å². The monoisotopic (exact) mass is 318 g/mol. The second-order valence-corrected chi connectivity index (χ2v) is 8.42. The topological polar surface area (TPSA) is 46.5 Å². The third kappa shape index (κ3) is 2.88. The quantitative estimate of drug-likeness (QED) is 0.629. The van der Waals surface area contributed by atoms with Crippen LogP contribution in [0.2, 0.25) is 0 Å². The zero-order valence-corrected chi connectivity index (χ0v) is 14.6. The lowest BCUT2D eigenvalue weighted by atomic mass is 9.47. The molecule has 2 saturated carbocycles. The van der Waals surface area contributed by atoms with Crippen LogP contribution in [0.15, 0.2) is 23.8 Å². The van der Waals surface area contributed by atoms with Gasteiger partial charge in [0.1, 0.15) is 6.61 Å². The lowest BCUT2D eigenvalue weighted by molar-refractivity contribution is -0.134. The summed E-state index contributed by atoms with van der Waals surface area (Å²) in [4.78, 5) is 11.2. The molecule has 1 N–H and O–H groups in total. The van der Waals surface area contributed by atoms with Gasteiger partial charge in [0, 0.05) is 12.7 Å². The minimum Gasteiger partial charge on any atom is -0.458 e. The van der Waals surface area contributed by atoms with Crippen LogP contribution in [0, 0.1) is 22.7 Å². The predicted octanol–water partition coefficient (Wildman–Crippen LogP) is 4.02. The van der Waals surface area contributed by atoms with E-state index in [1.54, 1.807) is 6.08 Å². The van der Waals surface area contributed by atoms with E-state index in [0.29, 0.717) is 25.0 Å². The number of carbonyl (C=O) groups is 1. The van der Waals surface area contributed by atoms with Gasteiger partial charge in [0.15, 0.2) is 0 Å². The van der Waals surface area contributed by atoms with Crippen LogP contribution in [0.5, 0.6) is 0 Å². The Morgan fingerprint density at radius 2 is 2.17 bits per heavy atom. The van der Waals surface area contributed by atoms with Gasteiger partial charge < -0.3 is 9.84 Å². The minimum absolute atomic E-state index is 0.0532. The highest BCUT2D eigenvalue weighted by atomic mass is 16.5. The highest BCUT2D eigenvalue weighted by Gasteiger charge is 2.54. The summed E-state index contributed by atoms with van der Waals surface area (Å²) in [6, 6.07) is 0. The van der Waals surface area contributed by atoms with E-state index in [2.05, 4.69) is 20.4 Å². The molecule has 3 aliphatic rings. The van der Waals surface area contributed by atoms with Crippen LogP contribution in [0.1, 0.15) is 58.8 Å². The van der Waals surface area contributed by atoms with Gasteiger partial charge >= 0.3 is 5.97 Å². The average molecular weight is 318 g/mol. The summed E-state index contributed by atoms with van der Waals surface area (Å²) in [7, 11) is 0. The number of aliphatic hydroxyl groups excluding tert-OH is 1. The first-order valence-electron chi connectivity index (χ1n) is 9.04. The molecule has 0 aromatic heterocycles. The predicted molar refractivity (Wildman–Crippen MR) is 90.8 cm³/mol. The number of cyclic esters (lactones) is 1. The molecule has 0 aromatic rings. The van der Waals surface area contributed by atoms with Crippen molar-refractivity contribution in [3.8, 4) is 0 Å². The minimum atomic E-state index is -0.197. The summed E-state index contributed by atoms with van der Waals surface area (Å²) < 4.78 is 5.03. The van der Waals surface area contributed by atoms with E-state index in [1.165, 1.54) is 18.4 Å². The van der Waals surface area contributed by atoms with Crippen molar-refractivity contribution >= 4 is 5.97 Å². The van der Waals surface area contributed by atoms with E-state index in [9.17, 15) is 9.90 Å². The number of fused-ring (bicyclic) bond motifs is 1. The van der Waals surface area contributed by atoms with Crippen LogP contribution in [0.4, 0.5) is 0 Å². The van der Waals surface area contributed by atoms with Crippen molar-refractivity contribution < 1.29 is 14.6 Å². The third-order valence-electron chi connectivity index (χ3n) is 6.98. The molecule has 0 radical (unpaired) electrons. The molecular weight excluding hydrogens is 288 g/mol. The standard InChI is InChI=1S/C20H30O3/c1-14-5-8-17-19(2,13-21)9-4-10-20(17,3)16(14)7-6-15-11-18(22)23-12-15/h11,16-17,21H,1,4-10,12-13H2,2-3H3/t16-,17?,19+,20+/m0/s1. The van der Waals surface area contributed by atoms with Crippen LogP contribution in [-0.2, 0) is 9.53 Å². The summed E-state index contributed by atoms with van der Waals surface area (Å²) in [5, 5.41) is 10.0. The molecule has 0 bridgehead atoms. The molecule has 1 unspecified atom stereocenters. The smallest absolute Gasteiger partial charge is 0.331 e. The van der Waals surface area contributed by atoms with Crippen molar-refractivity contribution in [2.45, 2.75) is 58.8 Å². The van der Waals surface area contributed by atoms with Crippen molar-refractivity contribution in [1.29, 1.82) is 0 Å². The molecule has 3 rings (SSSR count). The van der Waals surface area contributed by atoms with Gasteiger partial charge in [-0.2, -0.15) is 0 Å². The third-order valence-corrected chi connectivity index (χ3v) is 6.98. The number of rotatable bonds is 4. The number of esters is 1. The Bertz CT molecular complexity index is 535. The van der Waals surface area contributed by atoms with Crippen molar-refractivity contribution in [3.63, 3.8) is 0 Å². The van der Waals surface area contributed by atoms with Crippen LogP contribution >= 0.6 is 0 Å². The highest BCUT2D eigenvalue weighted by Crippen LogP contribution is 2.61. The molecule has 4 atom stereocenters. The van der Waals surface area contributed by atoms with E-state index < -0.39 is 0 Å². The van der Waals surface area contributed by atoms with Crippen LogP contribution in [-0.4, -0.2) is 24.3 Å². The SMILES string of the molecule is C=C1CCC2[C@@](C)(CO)CCC[C@]2(C)[C@H]1CCC1=CC(=O)OC1. The fraction of sp³-hybridized carbons (Fsp3) is 0.750. The lowest BCUT2D eigenvalue weighted by Crippen LogP contribution is -2.51. The number of aliphatic hydroxyl groups is 1. The first kappa shape index (κ1) is 16.8. The maximum absolute atomic E-state index is 11.2. The molecule has 1 aliphatic heterocycles. The van der Waals surface area contributed by atoms with Gasteiger partial charge in [-0.15, -0.1) is 0 Å². The Labute approximate surface area is 139 Å². The van der Waals surface area contributed by atoms with Gasteiger partial charge in [0.2, 0.25) is 0 Å². The van der Waals surface area contributed by atoms with E-state index in [-0.39, 0.29) is 16.8 Å². The molecule has 23 heavy (non-hydrogen) atoms. The summed E-state index contributed by atoms with van der Waals surface area (Å²) in [6.07, 6.45) is 9.43. The highest BCUT2D eigenvalue weighted by molar-refractivity contribution is 5.85. The number of allylic oxidation sites excluding steroid dienone is 1. The van der Waals surface area contributed by atoms with E-state index in [4.69, 9.17) is 4.74 Å². The summed E-state index contributed by atoms with van der Waals surface area (Å²) >= 11 is 0. The van der Waals surface area contributed by atoms with Gasteiger partial charge in [-0.1, -0.05) is 32.4 Å². The molecule has 0 aromatic carbocycles. The Morgan fingerprint density at radius 1 is 1.39 bits per heavy atom. The Kier molecular flexibility index (Phi) is 4.43. The average Bonchev–Trinajstić information content (AvgIpc) is 2.92. The lowest BCUT2D eigenvalue weighted by Gasteiger charge is -2.58. The zero-order chi connectivity index (χ0) is 16.7. The van der Waals surface area contributed by atoms with E-state index >= 15 is 0 Å². The van der Waals surface area contributed by atoms with Crippen molar-refractivity contribution in [2.24, 2.45) is 22.7 Å². The van der Waals surface area contributed by atoms with Crippen LogP contribution in [0.3, 0.4) is 0 Å². The maximum Gasteiger partial charge on any atom is 0.331 e. The molecule has 2 aliphatic carbocycles. The molecule has 0 spiro atoms. The molecule has 1 heterocycles. The zero-order valence-electron chi connectivity index (χ0n) is 14.6. The van der Waals surface area contributed by atoms with Crippen molar-refractivity contribution in [1.82, 2.24) is 0 Å². The summed E-state index contributed by atoms with van der Waals surface area (Å²) in [6.45, 7) is 9.83. The van der Waals surface area contributed by atoms with E-state index in [0.717, 1.165) is 37.7 Å². The van der Waals surface area contributed by atoms with Gasteiger partial charge in [-0.25, -0.2) is 4.79 Å². The molecule has 0 amide bonds. The Morgan fingerprint density at radius 3 is 2.83 bits per heavy atom. The number of ether oxygens (including phenoxy) is 1. The normalized spacial score (nSPS) is 40.6. The maximum atomic E-state index is 11.2.